The number of amides is 1. The molecule has 2 aromatic carbocycles. The zero-order chi connectivity index (χ0) is 25.7. The molecular formula is C31H38N2O4. The monoisotopic (exact) mass is 502 g/mol. The Bertz CT molecular complexity index is 1190. The SMILES string of the molecule is CCC(C)c1cc(C2CC2)c(CN2CCC3(CC2)CN(c2ccc(C(=O)O)cc2)C(=O)O3)cc1C1CC1. The van der Waals surface area contributed by atoms with Crippen LogP contribution < -0.4 is 4.90 Å². The van der Waals surface area contributed by atoms with Gasteiger partial charge in [-0.05, 0) is 96.4 Å². The third-order valence-electron chi connectivity index (χ3n) is 9.08. The smallest absolute Gasteiger partial charge is 0.415 e. The normalized spacial score (nSPS) is 22.3. The summed E-state index contributed by atoms with van der Waals surface area (Å²) in [5.74, 6) is 1.15. The number of carbonyl (C=O) groups excluding carboxylic acids is 1. The van der Waals surface area contributed by atoms with Crippen molar-refractivity contribution in [2.75, 3.05) is 24.5 Å². The quantitative estimate of drug-likeness (QED) is 0.438. The van der Waals surface area contributed by atoms with Crippen molar-refractivity contribution in [3.63, 3.8) is 0 Å². The zero-order valence-electron chi connectivity index (χ0n) is 22.0. The van der Waals surface area contributed by atoms with Gasteiger partial charge in [0.2, 0.25) is 0 Å². The molecule has 1 amide bonds. The maximum Gasteiger partial charge on any atom is 0.415 e. The van der Waals surface area contributed by atoms with Gasteiger partial charge in [-0.1, -0.05) is 26.0 Å². The van der Waals surface area contributed by atoms with Crippen molar-refractivity contribution in [1.29, 1.82) is 0 Å². The molecule has 6 rings (SSSR count). The molecule has 0 radical (unpaired) electrons. The molecule has 0 bridgehead atoms. The lowest BCUT2D eigenvalue weighted by molar-refractivity contribution is -0.00103. The van der Waals surface area contributed by atoms with Crippen molar-refractivity contribution in [1.82, 2.24) is 4.90 Å². The summed E-state index contributed by atoms with van der Waals surface area (Å²) >= 11 is 0. The molecule has 1 N–H and O–H groups in total. The van der Waals surface area contributed by atoms with Crippen LogP contribution in [-0.2, 0) is 11.3 Å². The highest BCUT2D eigenvalue weighted by Gasteiger charge is 2.47. The van der Waals surface area contributed by atoms with Gasteiger partial charge in [-0.25, -0.2) is 9.59 Å². The molecule has 0 aromatic heterocycles. The van der Waals surface area contributed by atoms with Crippen LogP contribution in [0.5, 0.6) is 0 Å². The van der Waals surface area contributed by atoms with Gasteiger partial charge in [0, 0.05) is 38.2 Å². The summed E-state index contributed by atoms with van der Waals surface area (Å²) in [6, 6.07) is 11.6. The number of anilines is 1. The van der Waals surface area contributed by atoms with Gasteiger partial charge in [-0.3, -0.25) is 9.80 Å². The summed E-state index contributed by atoms with van der Waals surface area (Å²) in [4.78, 5) is 28.1. The van der Waals surface area contributed by atoms with Gasteiger partial charge in [0.05, 0.1) is 12.1 Å². The molecule has 2 aliphatic carbocycles. The molecule has 4 aliphatic rings. The van der Waals surface area contributed by atoms with E-state index in [1.165, 1.54) is 37.7 Å². The van der Waals surface area contributed by atoms with Crippen LogP contribution in [0.3, 0.4) is 0 Å². The maximum absolute atomic E-state index is 12.8. The van der Waals surface area contributed by atoms with E-state index in [1.807, 2.05) is 0 Å². The molecule has 37 heavy (non-hydrogen) atoms. The number of benzene rings is 2. The van der Waals surface area contributed by atoms with E-state index in [1.54, 1.807) is 45.9 Å². The molecule has 1 unspecified atom stereocenters. The second-order valence-electron chi connectivity index (χ2n) is 11.8. The second-order valence-corrected chi connectivity index (χ2v) is 11.8. The Kier molecular flexibility index (Phi) is 6.26. The molecule has 196 valence electrons. The lowest BCUT2D eigenvalue weighted by Crippen LogP contribution is -2.46. The van der Waals surface area contributed by atoms with E-state index in [2.05, 4.69) is 30.9 Å². The predicted molar refractivity (Wildman–Crippen MR) is 144 cm³/mol. The summed E-state index contributed by atoms with van der Waals surface area (Å²) in [6.45, 7) is 8.02. The van der Waals surface area contributed by atoms with Crippen LogP contribution in [0.25, 0.3) is 0 Å². The molecule has 1 spiro atoms. The van der Waals surface area contributed by atoms with Crippen molar-refractivity contribution in [2.24, 2.45) is 0 Å². The number of hydrogen-bond acceptors (Lipinski definition) is 4. The molecule has 2 heterocycles. The van der Waals surface area contributed by atoms with E-state index in [4.69, 9.17) is 9.84 Å². The van der Waals surface area contributed by atoms with Crippen LogP contribution in [0.1, 0.15) is 109 Å². The minimum Gasteiger partial charge on any atom is -0.478 e. The average molecular weight is 503 g/mol. The van der Waals surface area contributed by atoms with E-state index >= 15 is 0 Å². The number of piperidine rings is 1. The van der Waals surface area contributed by atoms with Crippen molar-refractivity contribution >= 4 is 17.7 Å². The second kappa shape index (κ2) is 9.46. The fraction of sp³-hybridized carbons (Fsp3) is 0.548. The Hall–Kier alpha value is -2.86. The van der Waals surface area contributed by atoms with Crippen LogP contribution in [-0.4, -0.2) is 47.3 Å². The molecule has 2 saturated heterocycles. The molecular weight excluding hydrogens is 464 g/mol. The summed E-state index contributed by atoms with van der Waals surface area (Å²) in [7, 11) is 0. The number of likely N-dealkylation sites (tertiary alicyclic amines) is 1. The Balaban J connectivity index is 1.15. The number of hydrogen-bond donors (Lipinski definition) is 1. The van der Waals surface area contributed by atoms with Gasteiger partial charge in [-0.15, -0.1) is 0 Å². The standard InChI is InChI=1S/C31H38N2O4/c1-3-20(2)26-17-27(21-4-5-21)24(16-28(26)22-6-7-22)18-32-14-12-31(13-15-32)19-33(30(36)37-31)25-10-8-23(9-11-25)29(34)35/h8-11,16-17,20-22H,3-7,12-15,18-19H2,1-2H3,(H,34,35). The summed E-state index contributed by atoms with van der Waals surface area (Å²) in [5.41, 5.74) is 6.76. The first kappa shape index (κ1) is 24.5. The number of carboxylic acid groups (broad SMARTS) is 1. The Labute approximate surface area is 219 Å². The lowest BCUT2D eigenvalue weighted by atomic mass is 9.86. The molecule has 6 heteroatoms. The minimum atomic E-state index is -0.969. The number of rotatable bonds is 8. The van der Waals surface area contributed by atoms with Gasteiger partial charge in [-0.2, -0.15) is 0 Å². The first-order valence-electron chi connectivity index (χ1n) is 14.1. The van der Waals surface area contributed by atoms with Gasteiger partial charge < -0.3 is 9.84 Å². The van der Waals surface area contributed by atoms with E-state index in [0.29, 0.717) is 18.2 Å². The highest BCUT2D eigenvalue weighted by Crippen LogP contribution is 2.49. The van der Waals surface area contributed by atoms with Crippen LogP contribution in [0.15, 0.2) is 36.4 Å². The highest BCUT2D eigenvalue weighted by atomic mass is 16.6. The minimum absolute atomic E-state index is 0.215. The number of carboxylic acids is 1. The van der Waals surface area contributed by atoms with Crippen LogP contribution in [0.2, 0.25) is 0 Å². The summed E-state index contributed by atoms with van der Waals surface area (Å²) in [6.07, 6.45) is 7.80. The maximum atomic E-state index is 12.8. The van der Waals surface area contributed by atoms with Gasteiger partial charge in [0.25, 0.3) is 0 Å². The topological polar surface area (TPSA) is 70.1 Å². The first-order chi connectivity index (χ1) is 17.9. The van der Waals surface area contributed by atoms with Gasteiger partial charge >= 0.3 is 12.1 Å². The summed E-state index contributed by atoms with van der Waals surface area (Å²) in [5, 5.41) is 9.16. The molecule has 2 aliphatic heterocycles. The summed E-state index contributed by atoms with van der Waals surface area (Å²) < 4.78 is 5.96. The van der Waals surface area contributed by atoms with Gasteiger partial charge in [0.15, 0.2) is 0 Å². The van der Waals surface area contributed by atoms with E-state index in [0.717, 1.165) is 44.3 Å². The number of carbonyl (C=O) groups is 2. The number of ether oxygens (including phenoxy) is 1. The Morgan fingerprint density at radius 3 is 2.30 bits per heavy atom. The van der Waals surface area contributed by atoms with Crippen LogP contribution in [0.4, 0.5) is 10.5 Å². The van der Waals surface area contributed by atoms with Crippen molar-refractivity contribution in [3.05, 3.63) is 64.2 Å². The van der Waals surface area contributed by atoms with E-state index < -0.39 is 11.6 Å². The molecule has 1 atom stereocenters. The molecule has 2 saturated carbocycles. The third kappa shape index (κ3) is 4.88. The zero-order valence-corrected chi connectivity index (χ0v) is 22.0. The lowest BCUT2D eigenvalue weighted by Gasteiger charge is -2.37. The van der Waals surface area contributed by atoms with Gasteiger partial charge in [0.1, 0.15) is 5.60 Å². The predicted octanol–water partition coefficient (Wildman–Crippen LogP) is 6.64. The third-order valence-corrected chi connectivity index (χ3v) is 9.08. The largest absolute Gasteiger partial charge is 0.478 e. The fourth-order valence-corrected chi connectivity index (χ4v) is 6.23. The Morgan fingerprint density at radius 1 is 1.05 bits per heavy atom. The Morgan fingerprint density at radius 2 is 1.70 bits per heavy atom. The number of aromatic carboxylic acids is 1. The first-order valence-corrected chi connectivity index (χ1v) is 14.1. The van der Waals surface area contributed by atoms with E-state index in [-0.39, 0.29) is 11.7 Å². The van der Waals surface area contributed by atoms with Crippen LogP contribution >= 0.6 is 0 Å². The molecule has 4 fully saturated rings. The number of nitrogens with zero attached hydrogens (tertiary/aromatic N) is 2. The molecule has 6 nitrogen and oxygen atoms in total. The van der Waals surface area contributed by atoms with Crippen molar-refractivity contribution in [2.45, 2.75) is 88.7 Å². The average Bonchev–Trinajstić information content (AvgIpc) is 3.82. The van der Waals surface area contributed by atoms with Crippen molar-refractivity contribution < 1.29 is 19.4 Å². The van der Waals surface area contributed by atoms with E-state index in [9.17, 15) is 9.59 Å². The highest BCUT2D eigenvalue weighted by molar-refractivity contribution is 5.92. The fourth-order valence-electron chi connectivity index (χ4n) is 6.23. The van der Waals surface area contributed by atoms with Crippen molar-refractivity contribution in [3.8, 4) is 0 Å². The van der Waals surface area contributed by atoms with Crippen LogP contribution in [0, 0.1) is 0 Å². The molecule has 2 aromatic rings.